The molecule has 108 valence electrons. The van der Waals surface area contributed by atoms with E-state index in [0.717, 1.165) is 4.90 Å². The van der Waals surface area contributed by atoms with Gasteiger partial charge in [0.2, 0.25) is 5.91 Å². The number of amides is 1. The third kappa shape index (κ3) is 3.11. The third-order valence-electron chi connectivity index (χ3n) is 3.27. The number of nitrogens with zero attached hydrogens (tertiary/aromatic N) is 2. The molecule has 0 aliphatic heterocycles. The van der Waals surface area contributed by atoms with Crippen LogP contribution in [0, 0.1) is 10.1 Å². The molecule has 1 N–H and O–H groups in total. The Bertz CT molecular complexity index is 553. The zero-order valence-electron chi connectivity index (χ0n) is 11.5. The maximum absolute atomic E-state index is 12.1. The van der Waals surface area contributed by atoms with Crippen LogP contribution in [0.25, 0.3) is 0 Å². The van der Waals surface area contributed by atoms with Crippen molar-refractivity contribution < 1.29 is 19.6 Å². The SMILES string of the molecule is CN(C(=O)Cc1ccccc1[N+](=O)[O-])C(C)(C)C(=O)O. The van der Waals surface area contributed by atoms with Gasteiger partial charge in [0.1, 0.15) is 5.54 Å². The molecule has 0 heterocycles. The van der Waals surface area contributed by atoms with Crippen LogP contribution in [0.15, 0.2) is 24.3 Å². The topological polar surface area (TPSA) is 101 Å². The Morgan fingerprint density at radius 1 is 1.35 bits per heavy atom. The molecule has 7 nitrogen and oxygen atoms in total. The zero-order chi connectivity index (χ0) is 15.5. The van der Waals surface area contributed by atoms with Gasteiger partial charge in [0.25, 0.3) is 5.69 Å². The average Bonchev–Trinajstić information content (AvgIpc) is 2.37. The first-order valence-corrected chi connectivity index (χ1v) is 5.90. The van der Waals surface area contributed by atoms with Crippen molar-refractivity contribution >= 4 is 17.6 Å². The standard InChI is InChI=1S/C13H16N2O5/c1-13(2,12(17)18)14(3)11(16)8-9-6-4-5-7-10(9)15(19)20/h4-7H,8H2,1-3H3,(H,17,18). The van der Waals surface area contributed by atoms with Crippen LogP contribution in [0.2, 0.25) is 0 Å². The Hall–Kier alpha value is -2.44. The summed E-state index contributed by atoms with van der Waals surface area (Å²) in [6.45, 7) is 2.79. The second-order valence-electron chi connectivity index (χ2n) is 4.88. The number of carbonyl (C=O) groups is 2. The van der Waals surface area contributed by atoms with E-state index < -0.39 is 22.3 Å². The fraction of sp³-hybridized carbons (Fsp3) is 0.385. The molecule has 0 radical (unpaired) electrons. The normalized spacial score (nSPS) is 10.9. The molecule has 0 aliphatic rings. The molecule has 0 saturated carbocycles. The lowest BCUT2D eigenvalue weighted by Crippen LogP contribution is -2.51. The summed E-state index contributed by atoms with van der Waals surface area (Å²) in [5.41, 5.74) is -1.27. The predicted octanol–water partition coefficient (Wildman–Crippen LogP) is 1.46. The molecule has 1 aromatic rings. The Morgan fingerprint density at radius 3 is 2.40 bits per heavy atom. The van der Waals surface area contributed by atoms with Gasteiger partial charge >= 0.3 is 5.97 Å². The minimum Gasteiger partial charge on any atom is -0.480 e. The lowest BCUT2D eigenvalue weighted by atomic mass is 10.0. The summed E-state index contributed by atoms with van der Waals surface area (Å²) in [6.07, 6.45) is -0.218. The molecular formula is C13H16N2O5. The highest BCUT2D eigenvalue weighted by Crippen LogP contribution is 2.20. The lowest BCUT2D eigenvalue weighted by molar-refractivity contribution is -0.385. The number of aliphatic carboxylic acids is 1. The number of rotatable bonds is 5. The number of carboxylic acid groups (broad SMARTS) is 1. The molecule has 20 heavy (non-hydrogen) atoms. The molecule has 0 fully saturated rings. The van der Waals surface area contributed by atoms with Gasteiger partial charge in [-0.2, -0.15) is 0 Å². The predicted molar refractivity (Wildman–Crippen MR) is 71.3 cm³/mol. The van der Waals surface area contributed by atoms with Crippen LogP contribution in [-0.4, -0.2) is 39.4 Å². The smallest absolute Gasteiger partial charge is 0.329 e. The van der Waals surface area contributed by atoms with Gasteiger partial charge in [0.15, 0.2) is 0 Å². The molecule has 0 atom stereocenters. The first kappa shape index (κ1) is 15.6. The first-order valence-electron chi connectivity index (χ1n) is 5.90. The van der Waals surface area contributed by atoms with Gasteiger partial charge in [-0.25, -0.2) is 4.79 Å². The van der Waals surface area contributed by atoms with E-state index in [4.69, 9.17) is 5.11 Å². The summed E-state index contributed by atoms with van der Waals surface area (Å²) in [7, 11) is 1.37. The monoisotopic (exact) mass is 280 g/mol. The number of carboxylic acids is 1. The van der Waals surface area contributed by atoms with E-state index in [-0.39, 0.29) is 17.7 Å². The summed E-state index contributed by atoms with van der Waals surface area (Å²) < 4.78 is 0. The van der Waals surface area contributed by atoms with E-state index in [1.165, 1.54) is 39.1 Å². The van der Waals surface area contributed by atoms with Crippen molar-refractivity contribution in [3.05, 3.63) is 39.9 Å². The summed E-state index contributed by atoms with van der Waals surface area (Å²) in [6, 6.07) is 5.90. The number of carbonyl (C=O) groups excluding carboxylic acids is 1. The van der Waals surface area contributed by atoms with Gasteiger partial charge in [0, 0.05) is 18.7 Å². The fourth-order valence-corrected chi connectivity index (χ4v) is 1.58. The zero-order valence-corrected chi connectivity index (χ0v) is 11.5. The lowest BCUT2D eigenvalue weighted by Gasteiger charge is -2.31. The van der Waals surface area contributed by atoms with Gasteiger partial charge in [-0.3, -0.25) is 14.9 Å². The van der Waals surface area contributed by atoms with Crippen LogP contribution in [0.1, 0.15) is 19.4 Å². The Morgan fingerprint density at radius 2 is 1.90 bits per heavy atom. The van der Waals surface area contributed by atoms with E-state index in [0.29, 0.717) is 0 Å². The molecule has 0 aromatic heterocycles. The molecular weight excluding hydrogens is 264 g/mol. The van der Waals surface area contributed by atoms with Crippen molar-refractivity contribution in [3.63, 3.8) is 0 Å². The highest BCUT2D eigenvalue weighted by atomic mass is 16.6. The highest BCUT2D eigenvalue weighted by Gasteiger charge is 2.35. The summed E-state index contributed by atoms with van der Waals surface area (Å²) >= 11 is 0. The quantitative estimate of drug-likeness (QED) is 0.650. The van der Waals surface area contributed by atoms with Crippen LogP contribution in [0.5, 0.6) is 0 Å². The number of benzene rings is 1. The third-order valence-corrected chi connectivity index (χ3v) is 3.27. The molecule has 1 rings (SSSR count). The average molecular weight is 280 g/mol. The number of hydrogen-bond acceptors (Lipinski definition) is 4. The molecule has 0 unspecified atom stereocenters. The van der Waals surface area contributed by atoms with Gasteiger partial charge in [-0.15, -0.1) is 0 Å². The van der Waals surface area contributed by atoms with E-state index in [2.05, 4.69) is 0 Å². The van der Waals surface area contributed by atoms with Crippen LogP contribution in [0.4, 0.5) is 5.69 Å². The van der Waals surface area contributed by atoms with Crippen molar-refractivity contribution in [2.24, 2.45) is 0 Å². The van der Waals surface area contributed by atoms with Crippen LogP contribution < -0.4 is 0 Å². The number of hydrogen-bond donors (Lipinski definition) is 1. The summed E-state index contributed by atoms with van der Waals surface area (Å²) in [5.74, 6) is -1.64. The maximum Gasteiger partial charge on any atom is 0.329 e. The van der Waals surface area contributed by atoms with Crippen LogP contribution in [0.3, 0.4) is 0 Å². The largest absolute Gasteiger partial charge is 0.480 e. The van der Waals surface area contributed by atoms with E-state index in [1.807, 2.05) is 0 Å². The van der Waals surface area contributed by atoms with Crippen molar-refractivity contribution in [1.82, 2.24) is 4.90 Å². The van der Waals surface area contributed by atoms with Crippen LogP contribution >= 0.6 is 0 Å². The van der Waals surface area contributed by atoms with E-state index in [1.54, 1.807) is 6.07 Å². The van der Waals surface area contributed by atoms with E-state index >= 15 is 0 Å². The molecule has 0 aliphatic carbocycles. The van der Waals surface area contributed by atoms with E-state index in [9.17, 15) is 19.7 Å². The Kier molecular flexibility index (Phi) is 4.44. The fourth-order valence-electron chi connectivity index (χ4n) is 1.58. The summed E-state index contributed by atoms with van der Waals surface area (Å²) in [5, 5.41) is 19.9. The van der Waals surface area contributed by atoms with Crippen molar-refractivity contribution in [2.75, 3.05) is 7.05 Å². The summed E-state index contributed by atoms with van der Waals surface area (Å²) in [4.78, 5) is 34.5. The number of likely N-dealkylation sites (N-methyl/N-ethyl adjacent to an activating group) is 1. The molecule has 0 saturated heterocycles. The number of nitro groups is 1. The molecule has 0 spiro atoms. The number of para-hydroxylation sites is 1. The molecule has 1 aromatic carbocycles. The Balaban J connectivity index is 2.97. The first-order chi connectivity index (χ1) is 9.17. The van der Waals surface area contributed by atoms with Gasteiger partial charge in [-0.05, 0) is 13.8 Å². The molecule has 0 bridgehead atoms. The van der Waals surface area contributed by atoms with Gasteiger partial charge in [-0.1, -0.05) is 18.2 Å². The van der Waals surface area contributed by atoms with Crippen molar-refractivity contribution in [1.29, 1.82) is 0 Å². The minimum absolute atomic E-state index is 0.151. The Labute approximate surface area is 116 Å². The van der Waals surface area contributed by atoms with Gasteiger partial charge in [0.05, 0.1) is 11.3 Å². The second kappa shape index (κ2) is 5.68. The van der Waals surface area contributed by atoms with Crippen LogP contribution in [-0.2, 0) is 16.0 Å². The molecule has 1 amide bonds. The minimum atomic E-state index is -1.37. The van der Waals surface area contributed by atoms with Crippen molar-refractivity contribution in [3.8, 4) is 0 Å². The van der Waals surface area contributed by atoms with Gasteiger partial charge < -0.3 is 10.0 Å². The number of nitro benzene ring substituents is 1. The van der Waals surface area contributed by atoms with Crippen molar-refractivity contribution in [2.45, 2.75) is 25.8 Å². The molecule has 7 heteroatoms. The highest BCUT2D eigenvalue weighted by molar-refractivity contribution is 5.87. The maximum atomic E-state index is 12.1. The second-order valence-corrected chi connectivity index (χ2v) is 4.88.